The Balaban J connectivity index is 2.21. The molecule has 4 nitrogen and oxygen atoms in total. The Labute approximate surface area is 124 Å². The first-order valence-corrected chi connectivity index (χ1v) is 7.18. The van der Waals surface area contributed by atoms with Crippen molar-refractivity contribution in [2.75, 3.05) is 5.32 Å². The normalized spacial score (nSPS) is 10.8. The van der Waals surface area contributed by atoms with E-state index in [1.165, 1.54) is 11.9 Å². The van der Waals surface area contributed by atoms with E-state index in [9.17, 15) is 0 Å². The summed E-state index contributed by atoms with van der Waals surface area (Å²) in [5.74, 6) is 1.05. The largest absolute Gasteiger partial charge is 0.364 e. The molecule has 0 unspecified atom stereocenters. The number of nitrogens with one attached hydrogen (secondary N) is 1. The molecule has 1 N–H and O–H groups in total. The molecule has 0 fully saturated rings. The van der Waals surface area contributed by atoms with Crippen molar-refractivity contribution in [3.63, 3.8) is 0 Å². The zero-order chi connectivity index (χ0) is 14.5. The summed E-state index contributed by atoms with van der Waals surface area (Å²) >= 11 is 6.16. The van der Waals surface area contributed by atoms with Gasteiger partial charge in [0.15, 0.2) is 0 Å². The van der Waals surface area contributed by atoms with Crippen molar-refractivity contribution in [3.8, 4) is 0 Å². The molecule has 0 radical (unpaired) electrons. The third-order valence-corrected chi connectivity index (χ3v) is 3.50. The molecular formula is C15H19ClN4. The zero-order valence-electron chi connectivity index (χ0n) is 12.0. The van der Waals surface area contributed by atoms with Gasteiger partial charge in [-0.15, -0.1) is 0 Å². The molecule has 0 spiro atoms. The molecule has 0 bridgehead atoms. The topological polar surface area (TPSA) is 50.7 Å². The van der Waals surface area contributed by atoms with Crippen LogP contribution in [0.25, 0.3) is 0 Å². The minimum Gasteiger partial charge on any atom is -0.364 e. The Hall–Kier alpha value is -1.68. The van der Waals surface area contributed by atoms with E-state index in [1.807, 2.05) is 12.3 Å². The fraction of sp³-hybridized carbons (Fsp3) is 0.400. The van der Waals surface area contributed by atoms with Gasteiger partial charge >= 0.3 is 0 Å². The van der Waals surface area contributed by atoms with Gasteiger partial charge in [-0.1, -0.05) is 38.4 Å². The van der Waals surface area contributed by atoms with E-state index in [2.05, 4.69) is 47.1 Å². The third kappa shape index (κ3) is 3.25. The van der Waals surface area contributed by atoms with E-state index in [0.717, 1.165) is 23.5 Å². The van der Waals surface area contributed by atoms with Gasteiger partial charge in [0, 0.05) is 11.8 Å². The van der Waals surface area contributed by atoms with E-state index in [1.54, 1.807) is 0 Å². The van der Waals surface area contributed by atoms with Gasteiger partial charge in [-0.05, 0) is 24.0 Å². The highest BCUT2D eigenvalue weighted by Gasteiger charge is 2.13. The minimum atomic E-state index is 0.264. The van der Waals surface area contributed by atoms with Crippen LogP contribution in [0.4, 0.5) is 5.82 Å². The summed E-state index contributed by atoms with van der Waals surface area (Å²) in [6, 6.07) is 4.06. The average Bonchev–Trinajstić information content (AvgIpc) is 2.45. The quantitative estimate of drug-likeness (QED) is 0.851. The summed E-state index contributed by atoms with van der Waals surface area (Å²) in [5, 5.41) is 3.84. The van der Waals surface area contributed by atoms with Gasteiger partial charge in [0.25, 0.3) is 0 Å². The number of aromatic nitrogens is 3. The third-order valence-electron chi connectivity index (χ3n) is 3.20. The second-order valence-electron chi connectivity index (χ2n) is 4.90. The smallest absolute Gasteiger partial charge is 0.138 e. The Morgan fingerprint density at radius 1 is 1.25 bits per heavy atom. The van der Waals surface area contributed by atoms with Gasteiger partial charge < -0.3 is 5.32 Å². The first-order chi connectivity index (χ1) is 9.63. The standard InChI is InChI=1S/C15H19ClN4/c1-4-11-6-5-7-17-12(11)8-18-15-13(10(2)3)14(16)19-9-20-15/h5-7,9-10H,4,8H2,1-3H3,(H,18,19,20). The fourth-order valence-electron chi connectivity index (χ4n) is 2.15. The van der Waals surface area contributed by atoms with Crippen molar-refractivity contribution < 1.29 is 0 Å². The molecule has 2 aromatic heterocycles. The lowest BCUT2D eigenvalue weighted by atomic mass is 10.1. The van der Waals surface area contributed by atoms with Crippen LogP contribution in [-0.4, -0.2) is 15.0 Å². The molecule has 0 aliphatic heterocycles. The molecule has 0 saturated heterocycles. The predicted octanol–water partition coefficient (Wildman–Crippen LogP) is 3.82. The van der Waals surface area contributed by atoms with E-state index >= 15 is 0 Å². The van der Waals surface area contributed by atoms with E-state index < -0.39 is 0 Å². The maximum absolute atomic E-state index is 6.16. The van der Waals surface area contributed by atoms with E-state index in [0.29, 0.717) is 11.7 Å². The van der Waals surface area contributed by atoms with Crippen LogP contribution in [0, 0.1) is 0 Å². The average molecular weight is 291 g/mol. The number of pyridine rings is 1. The summed E-state index contributed by atoms with van der Waals surface area (Å²) in [6.07, 6.45) is 4.26. The van der Waals surface area contributed by atoms with Crippen LogP contribution in [0.2, 0.25) is 5.15 Å². The van der Waals surface area contributed by atoms with Crippen LogP contribution in [-0.2, 0) is 13.0 Å². The molecule has 0 aliphatic carbocycles. The van der Waals surface area contributed by atoms with Crippen LogP contribution in [0.5, 0.6) is 0 Å². The molecule has 20 heavy (non-hydrogen) atoms. The van der Waals surface area contributed by atoms with Crippen LogP contribution >= 0.6 is 11.6 Å². The van der Waals surface area contributed by atoms with Crippen molar-refractivity contribution >= 4 is 17.4 Å². The summed E-state index contributed by atoms with van der Waals surface area (Å²) in [6.45, 7) is 6.92. The molecular weight excluding hydrogens is 272 g/mol. The molecule has 0 aliphatic rings. The highest BCUT2D eigenvalue weighted by atomic mass is 35.5. The van der Waals surface area contributed by atoms with Gasteiger partial charge in [0.2, 0.25) is 0 Å². The molecule has 2 aromatic rings. The summed E-state index contributed by atoms with van der Waals surface area (Å²) in [4.78, 5) is 12.8. The SMILES string of the molecule is CCc1cccnc1CNc1ncnc(Cl)c1C(C)C. The lowest BCUT2D eigenvalue weighted by Gasteiger charge is -2.15. The number of rotatable bonds is 5. The Morgan fingerprint density at radius 3 is 2.75 bits per heavy atom. The van der Waals surface area contributed by atoms with Crippen molar-refractivity contribution in [2.24, 2.45) is 0 Å². The minimum absolute atomic E-state index is 0.264. The second kappa shape index (κ2) is 6.66. The number of anilines is 1. The molecule has 2 rings (SSSR count). The molecule has 2 heterocycles. The second-order valence-corrected chi connectivity index (χ2v) is 5.26. The lowest BCUT2D eigenvalue weighted by Crippen LogP contribution is -2.09. The number of nitrogens with zero attached hydrogens (tertiary/aromatic N) is 3. The van der Waals surface area contributed by atoms with Gasteiger partial charge in [-0.25, -0.2) is 9.97 Å². The lowest BCUT2D eigenvalue weighted by molar-refractivity contribution is 0.841. The predicted molar refractivity (Wildman–Crippen MR) is 82.1 cm³/mol. The zero-order valence-corrected chi connectivity index (χ0v) is 12.8. The Bertz CT molecular complexity index is 584. The molecule has 0 aromatic carbocycles. The molecule has 106 valence electrons. The molecule has 5 heteroatoms. The highest BCUT2D eigenvalue weighted by molar-refractivity contribution is 6.30. The maximum atomic E-state index is 6.16. The first-order valence-electron chi connectivity index (χ1n) is 6.80. The van der Waals surface area contributed by atoms with Crippen molar-refractivity contribution in [1.82, 2.24) is 15.0 Å². The summed E-state index contributed by atoms with van der Waals surface area (Å²) in [5.41, 5.74) is 3.23. The molecule has 0 saturated carbocycles. The monoisotopic (exact) mass is 290 g/mol. The van der Waals surface area contributed by atoms with Gasteiger partial charge in [-0.2, -0.15) is 0 Å². The van der Waals surface area contributed by atoms with Crippen LogP contribution in [0.1, 0.15) is 43.5 Å². The Kier molecular flexibility index (Phi) is 4.90. The molecule has 0 amide bonds. The summed E-state index contributed by atoms with van der Waals surface area (Å²) in [7, 11) is 0. The van der Waals surface area contributed by atoms with Gasteiger partial charge in [-0.3, -0.25) is 4.98 Å². The molecule has 0 atom stereocenters. The first kappa shape index (κ1) is 14.7. The summed E-state index contributed by atoms with van der Waals surface area (Å²) < 4.78 is 0. The Morgan fingerprint density at radius 2 is 2.05 bits per heavy atom. The fourth-order valence-corrected chi connectivity index (χ4v) is 2.50. The highest BCUT2D eigenvalue weighted by Crippen LogP contribution is 2.28. The number of hydrogen-bond acceptors (Lipinski definition) is 4. The number of halogens is 1. The van der Waals surface area contributed by atoms with Gasteiger partial charge in [0.1, 0.15) is 17.3 Å². The van der Waals surface area contributed by atoms with E-state index in [-0.39, 0.29) is 5.92 Å². The van der Waals surface area contributed by atoms with Crippen LogP contribution in [0.3, 0.4) is 0 Å². The number of hydrogen-bond donors (Lipinski definition) is 1. The van der Waals surface area contributed by atoms with Crippen molar-refractivity contribution in [1.29, 1.82) is 0 Å². The van der Waals surface area contributed by atoms with E-state index in [4.69, 9.17) is 11.6 Å². The van der Waals surface area contributed by atoms with Gasteiger partial charge in [0.05, 0.1) is 12.2 Å². The number of aryl methyl sites for hydroxylation is 1. The van der Waals surface area contributed by atoms with Crippen LogP contribution < -0.4 is 5.32 Å². The van der Waals surface area contributed by atoms with Crippen molar-refractivity contribution in [3.05, 3.63) is 46.6 Å². The van der Waals surface area contributed by atoms with Crippen molar-refractivity contribution in [2.45, 2.75) is 39.7 Å². The van der Waals surface area contributed by atoms with Crippen LogP contribution in [0.15, 0.2) is 24.7 Å². The maximum Gasteiger partial charge on any atom is 0.138 e.